The van der Waals surface area contributed by atoms with E-state index < -0.39 is 0 Å². The molecule has 1 saturated carbocycles. The molecular formula is C22H26N6. The number of allylic oxidation sites excluding steroid dienone is 1. The van der Waals surface area contributed by atoms with Gasteiger partial charge in [-0.05, 0) is 38.8 Å². The fourth-order valence-electron chi connectivity index (χ4n) is 4.16. The standard InChI is InChI=1S/C22H26N6/c1-3-27-18-11-7-8-12-19(18)28(20(27)13-14-23)21-16(2)15-24-22(26-21)25-17-9-5-4-6-10-17/h7-8,11-13,15,17H,3-6,9-10H2,1-2H3,(H,24,25,26). The molecule has 1 fully saturated rings. The fourth-order valence-corrected chi connectivity index (χ4v) is 4.16. The zero-order chi connectivity index (χ0) is 19.5. The van der Waals surface area contributed by atoms with Gasteiger partial charge in [-0.15, -0.1) is 0 Å². The van der Waals surface area contributed by atoms with Crippen LogP contribution in [0.2, 0.25) is 0 Å². The van der Waals surface area contributed by atoms with Gasteiger partial charge in [-0.25, -0.2) is 4.98 Å². The molecule has 2 heterocycles. The van der Waals surface area contributed by atoms with Crippen LogP contribution in [-0.2, 0) is 0 Å². The lowest BCUT2D eigenvalue weighted by atomic mass is 9.96. The molecular weight excluding hydrogens is 348 g/mol. The molecule has 0 spiro atoms. The van der Waals surface area contributed by atoms with Crippen LogP contribution in [0.15, 0.2) is 42.4 Å². The van der Waals surface area contributed by atoms with E-state index in [0.717, 1.165) is 35.1 Å². The summed E-state index contributed by atoms with van der Waals surface area (Å²) in [6.07, 6.45) is 9.64. The van der Waals surface area contributed by atoms with Crippen molar-refractivity contribution in [3.05, 3.63) is 47.9 Å². The van der Waals surface area contributed by atoms with E-state index in [0.29, 0.717) is 12.0 Å². The smallest absolute Gasteiger partial charge is 0.224 e. The number of aromatic nitrogens is 2. The fraction of sp³-hybridized carbons (Fsp3) is 0.409. The number of para-hydroxylation sites is 2. The lowest BCUT2D eigenvalue weighted by molar-refractivity contribution is 0.461. The molecule has 0 atom stereocenters. The summed E-state index contributed by atoms with van der Waals surface area (Å²) >= 11 is 0. The maximum Gasteiger partial charge on any atom is 0.224 e. The third-order valence-electron chi connectivity index (χ3n) is 5.52. The molecule has 1 N–H and O–H groups in total. The zero-order valence-corrected chi connectivity index (χ0v) is 16.5. The number of nitrogens with zero attached hydrogens (tertiary/aromatic N) is 5. The number of nitriles is 1. The second-order valence-corrected chi connectivity index (χ2v) is 7.38. The van der Waals surface area contributed by atoms with Crippen LogP contribution < -0.4 is 15.1 Å². The molecule has 6 nitrogen and oxygen atoms in total. The Kier molecular flexibility index (Phi) is 5.16. The summed E-state index contributed by atoms with van der Waals surface area (Å²) in [5.74, 6) is 2.31. The number of aryl methyl sites for hydroxylation is 1. The average molecular weight is 374 g/mol. The lowest BCUT2D eigenvalue weighted by Crippen LogP contribution is -2.27. The largest absolute Gasteiger partial charge is 0.351 e. The third kappa shape index (κ3) is 3.29. The second-order valence-electron chi connectivity index (χ2n) is 7.38. The van der Waals surface area contributed by atoms with Crippen LogP contribution in [-0.4, -0.2) is 22.6 Å². The van der Waals surface area contributed by atoms with Gasteiger partial charge in [0.1, 0.15) is 11.6 Å². The zero-order valence-electron chi connectivity index (χ0n) is 16.5. The Balaban J connectivity index is 1.75. The van der Waals surface area contributed by atoms with Crippen LogP contribution in [0.1, 0.15) is 44.6 Å². The van der Waals surface area contributed by atoms with E-state index in [2.05, 4.69) is 45.2 Å². The highest BCUT2D eigenvalue weighted by Crippen LogP contribution is 2.46. The third-order valence-corrected chi connectivity index (χ3v) is 5.52. The van der Waals surface area contributed by atoms with Gasteiger partial charge >= 0.3 is 0 Å². The van der Waals surface area contributed by atoms with Gasteiger partial charge in [-0.3, -0.25) is 4.90 Å². The van der Waals surface area contributed by atoms with Crippen molar-refractivity contribution in [1.82, 2.24) is 9.97 Å². The second kappa shape index (κ2) is 7.89. The van der Waals surface area contributed by atoms with Crippen LogP contribution in [0.5, 0.6) is 0 Å². The minimum atomic E-state index is 0.441. The van der Waals surface area contributed by atoms with Crippen LogP contribution in [0.25, 0.3) is 0 Å². The Morgan fingerprint density at radius 1 is 1.21 bits per heavy atom. The summed E-state index contributed by atoms with van der Waals surface area (Å²) in [5, 5.41) is 12.9. The predicted octanol–water partition coefficient (Wildman–Crippen LogP) is 4.87. The Morgan fingerprint density at radius 2 is 1.96 bits per heavy atom. The molecule has 6 heteroatoms. The van der Waals surface area contributed by atoms with E-state index in [4.69, 9.17) is 4.98 Å². The first-order valence-corrected chi connectivity index (χ1v) is 10.1. The molecule has 1 aliphatic carbocycles. The van der Waals surface area contributed by atoms with Crippen molar-refractivity contribution < 1.29 is 0 Å². The molecule has 28 heavy (non-hydrogen) atoms. The summed E-state index contributed by atoms with van der Waals surface area (Å²) in [6, 6.07) is 10.9. The molecule has 0 amide bonds. The van der Waals surface area contributed by atoms with Gasteiger partial charge in [0.15, 0.2) is 0 Å². The molecule has 1 aliphatic heterocycles. The Labute approximate surface area is 166 Å². The summed E-state index contributed by atoms with van der Waals surface area (Å²) in [7, 11) is 0. The molecule has 0 unspecified atom stereocenters. The van der Waals surface area contributed by atoms with Gasteiger partial charge in [0.05, 0.1) is 23.5 Å². The topological polar surface area (TPSA) is 68.1 Å². The molecule has 0 bridgehead atoms. The van der Waals surface area contributed by atoms with Gasteiger partial charge in [-0.2, -0.15) is 10.2 Å². The van der Waals surface area contributed by atoms with Crippen molar-refractivity contribution in [2.45, 2.75) is 52.0 Å². The molecule has 0 radical (unpaired) electrons. The number of anilines is 4. The highest BCUT2D eigenvalue weighted by molar-refractivity contribution is 5.88. The maximum absolute atomic E-state index is 9.40. The van der Waals surface area contributed by atoms with E-state index in [9.17, 15) is 5.26 Å². The van der Waals surface area contributed by atoms with E-state index >= 15 is 0 Å². The Bertz CT molecular complexity index is 923. The number of benzene rings is 1. The van der Waals surface area contributed by atoms with Gasteiger partial charge in [0, 0.05) is 24.3 Å². The van der Waals surface area contributed by atoms with Crippen LogP contribution >= 0.6 is 0 Å². The number of rotatable bonds is 4. The quantitative estimate of drug-likeness (QED) is 0.770. The number of hydrogen-bond donors (Lipinski definition) is 1. The van der Waals surface area contributed by atoms with Crippen molar-refractivity contribution in [3.63, 3.8) is 0 Å². The molecule has 1 aromatic carbocycles. The first kappa shape index (κ1) is 18.3. The molecule has 2 aliphatic rings. The predicted molar refractivity (Wildman–Crippen MR) is 113 cm³/mol. The minimum Gasteiger partial charge on any atom is -0.351 e. The van der Waals surface area contributed by atoms with Gasteiger partial charge < -0.3 is 10.2 Å². The van der Waals surface area contributed by atoms with E-state index in [1.807, 2.05) is 25.3 Å². The summed E-state index contributed by atoms with van der Waals surface area (Å²) in [6.45, 7) is 4.88. The first-order valence-electron chi connectivity index (χ1n) is 10.1. The monoisotopic (exact) mass is 374 g/mol. The van der Waals surface area contributed by atoms with Crippen LogP contribution in [0, 0.1) is 18.3 Å². The molecule has 2 aromatic rings. The maximum atomic E-state index is 9.40. The van der Waals surface area contributed by atoms with Crippen molar-refractivity contribution in [2.24, 2.45) is 0 Å². The normalized spacial score (nSPS) is 18.2. The first-order chi connectivity index (χ1) is 13.7. The SMILES string of the molecule is CCN1C(=CC#N)N(c2nc(NC3CCCCC3)ncc2C)c2ccccc21. The molecule has 0 saturated heterocycles. The molecule has 4 rings (SSSR count). The van der Waals surface area contributed by atoms with Gasteiger partial charge in [0.25, 0.3) is 0 Å². The Morgan fingerprint density at radius 3 is 2.68 bits per heavy atom. The summed E-state index contributed by atoms with van der Waals surface area (Å²) in [4.78, 5) is 13.6. The van der Waals surface area contributed by atoms with E-state index in [-0.39, 0.29) is 0 Å². The lowest BCUT2D eigenvalue weighted by Gasteiger charge is -2.26. The van der Waals surface area contributed by atoms with Crippen LogP contribution in [0.3, 0.4) is 0 Å². The van der Waals surface area contributed by atoms with Gasteiger partial charge in [0.2, 0.25) is 5.95 Å². The van der Waals surface area contributed by atoms with Crippen molar-refractivity contribution in [1.29, 1.82) is 5.26 Å². The molecule has 1 aromatic heterocycles. The number of nitrogens with one attached hydrogen (secondary N) is 1. The Hall–Kier alpha value is -3.07. The van der Waals surface area contributed by atoms with Crippen molar-refractivity contribution in [3.8, 4) is 6.07 Å². The van der Waals surface area contributed by atoms with E-state index in [1.54, 1.807) is 6.08 Å². The highest BCUT2D eigenvalue weighted by Gasteiger charge is 2.33. The van der Waals surface area contributed by atoms with Crippen LogP contribution in [0.4, 0.5) is 23.1 Å². The number of fused-ring (bicyclic) bond motifs is 1. The highest BCUT2D eigenvalue weighted by atomic mass is 15.4. The number of hydrogen-bond acceptors (Lipinski definition) is 6. The van der Waals surface area contributed by atoms with Crippen molar-refractivity contribution >= 4 is 23.1 Å². The minimum absolute atomic E-state index is 0.441. The summed E-state index contributed by atoms with van der Waals surface area (Å²) in [5.41, 5.74) is 3.10. The van der Waals surface area contributed by atoms with Gasteiger partial charge in [-0.1, -0.05) is 31.4 Å². The van der Waals surface area contributed by atoms with E-state index in [1.165, 1.54) is 32.1 Å². The summed E-state index contributed by atoms with van der Waals surface area (Å²) < 4.78 is 0. The molecule has 144 valence electrons. The van der Waals surface area contributed by atoms with Crippen molar-refractivity contribution in [2.75, 3.05) is 21.7 Å². The average Bonchev–Trinajstić information content (AvgIpc) is 3.03.